The van der Waals surface area contributed by atoms with E-state index in [0.29, 0.717) is 21.3 Å². The summed E-state index contributed by atoms with van der Waals surface area (Å²) in [5.41, 5.74) is 1.04. The molecular formula is C15H12BrNO4. The highest BCUT2D eigenvalue weighted by Crippen LogP contribution is 2.36. The van der Waals surface area contributed by atoms with Gasteiger partial charge >= 0.3 is 5.97 Å². The van der Waals surface area contributed by atoms with E-state index in [2.05, 4.69) is 21.1 Å². The predicted octanol–water partition coefficient (Wildman–Crippen LogP) is 3.49. The van der Waals surface area contributed by atoms with E-state index in [4.69, 9.17) is 14.7 Å². The molecule has 0 atom stereocenters. The van der Waals surface area contributed by atoms with Crippen LogP contribution in [-0.2, 0) is 0 Å². The molecule has 2 aromatic rings. The van der Waals surface area contributed by atoms with Crippen LogP contribution in [-0.4, -0.2) is 24.5 Å². The van der Waals surface area contributed by atoms with Crippen LogP contribution in [0.5, 0.6) is 11.5 Å². The third-order valence-corrected chi connectivity index (χ3v) is 3.25. The van der Waals surface area contributed by atoms with Gasteiger partial charge in [0.15, 0.2) is 11.5 Å². The van der Waals surface area contributed by atoms with Crippen molar-refractivity contribution in [2.75, 3.05) is 7.11 Å². The minimum Gasteiger partial charge on any atom is -0.493 e. The molecule has 0 bridgehead atoms. The Morgan fingerprint density at radius 2 is 2.00 bits per heavy atom. The average molecular weight is 350 g/mol. The summed E-state index contributed by atoms with van der Waals surface area (Å²) >= 11 is 3.31. The monoisotopic (exact) mass is 349 g/mol. The molecule has 0 fully saturated rings. The van der Waals surface area contributed by atoms with Crippen molar-refractivity contribution >= 4 is 28.1 Å². The molecule has 0 amide bonds. The predicted molar refractivity (Wildman–Crippen MR) is 81.5 cm³/mol. The van der Waals surface area contributed by atoms with Gasteiger partial charge in [0.05, 0.1) is 23.4 Å². The van der Waals surface area contributed by atoms with Gasteiger partial charge in [-0.1, -0.05) is 23.4 Å². The number of oxime groups is 1. The lowest BCUT2D eigenvalue weighted by molar-refractivity contribution is 0.0728. The first-order valence-corrected chi connectivity index (χ1v) is 6.77. The molecule has 0 radical (unpaired) electrons. The van der Waals surface area contributed by atoms with Gasteiger partial charge in [0.2, 0.25) is 0 Å². The summed E-state index contributed by atoms with van der Waals surface area (Å²) in [6.45, 7) is 0. The summed E-state index contributed by atoms with van der Waals surface area (Å²) in [6, 6.07) is 11.9. The first kappa shape index (κ1) is 15.1. The fourth-order valence-electron chi connectivity index (χ4n) is 1.71. The molecule has 0 heterocycles. The quantitative estimate of drug-likeness (QED) is 0.301. The Bertz CT molecular complexity index is 671. The molecule has 0 saturated heterocycles. The maximum absolute atomic E-state index is 12.1. The summed E-state index contributed by atoms with van der Waals surface area (Å²) in [5.74, 6) is 0.128. The van der Waals surface area contributed by atoms with Gasteiger partial charge in [-0.2, -0.15) is 0 Å². The summed E-state index contributed by atoms with van der Waals surface area (Å²) in [7, 11) is 1.46. The van der Waals surface area contributed by atoms with Crippen LogP contribution in [0.15, 0.2) is 52.1 Å². The Morgan fingerprint density at radius 3 is 2.62 bits per heavy atom. The number of carbonyl (C=O) groups excluding carboxylic acids is 1. The Kier molecular flexibility index (Phi) is 4.94. The molecule has 2 aromatic carbocycles. The maximum Gasteiger partial charge on any atom is 0.343 e. The highest BCUT2D eigenvalue weighted by Gasteiger charge is 2.16. The van der Waals surface area contributed by atoms with Crippen molar-refractivity contribution in [1.82, 2.24) is 0 Å². The fourth-order valence-corrected chi connectivity index (χ4v) is 2.25. The number of esters is 1. The zero-order chi connectivity index (χ0) is 15.2. The van der Waals surface area contributed by atoms with Crippen molar-refractivity contribution in [3.8, 4) is 11.5 Å². The van der Waals surface area contributed by atoms with Crippen LogP contribution >= 0.6 is 15.9 Å². The number of methoxy groups -OCH3 is 1. The molecule has 6 heteroatoms. The van der Waals surface area contributed by atoms with Crippen molar-refractivity contribution in [1.29, 1.82) is 0 Å². The van der Waals surface area contributed by atoms with Crippen molar-refractivity contribution in [3.63, 3.8) is 0 Å². The van der Waals surface area contributed by atoms with Crippen molar-refractivity contribution in [2.24, 2.45) is 5.16 Å². The Morgan fingerprint density at radius 1 is 1.29 bits per heavy atom. The van der Waals surface area contributed by atoms with Crippen LogP contribution in [0.25, 0.3) is 0 Å². The lowest BCUT2D eigenvalue weighted by atomic mass is 10.2. The number of carbonyl (C=O) groups is 1. The smallest absolute Gasteiger partial charge is 0.343 e. The SMILES string of the molecule is COc1cc(/C=N/O)cc(Br)c1OC(=O)c1ccccc1. The molecule has 0 spiro atoms. The number of halogens is 1. The number of benzene rings is 2. The molecule has 0 unspecified atom stereocenters. The van der Waals surface area contributed by atoms with Gasteiger partial charge in [-0.05, 0) is 40.2 Å². The van der Waals surface area contributed by atoms with Gasteiger partial charge in [-0.15, -0.1) is 0 Å². The number of nitrogens with zero attached hydrogens (tertiary/aromatic N) is 1. The lowest BCUT2D eigenvalue weighted by Crippen LogP contribution is -2.09. The molecule has 0 saturated carbocycles. The zero-order valence-electron chi connectivity index (χ0n) is 11.1. The first-order valence-electron chi connectivity index (χ1n) is 5.98. The number of hydrogen-bond donors (Lipinski definition) is 1. The fraction of sp³-hybridized carbons (Fsp3) is 0.0667. The molecular weight excluding hydrogens is 338 g/mol. The van der Waals surface area contributed by atoms with Crippen molar-refractivity contribution in [3.05, 3.63) is 58.1 Å². The Labute approximate surface area is 129 Å². The van der Waals surface area contributed by atoms with E-state index >= 15 is 0 Å². The van der Waals surface area contributed by atoms with Crippen molar-refractivity contribution < 1.29 is 19.5 Å². The molecule has 1 N–H and O–H groups in total. The van der Waals surface area contributed by atoms with Gasteiger partial charge in [0, 0.05) is 5.56 Å². The third-order valence-electron chi connectivity index (χ3n) is 2.66. The normalized spacial score (nSPS) is 10.6. The lowest BCUT2D eigenvalue weighted by Gasteiger charge is -2.12. The van der Waals surface area contributed by atoms with Crippen LogP contribution in [0.4, 0.5) is 0 Å². The van der Waals surface area contributed by atoms with Crippen LogP contribution in [0, 0.1) is 0 Å². The van der Waals surface area contributed by atoms with E-state index in [9.17, 15) is 4.79 Å². The average Bonchev–Trinajstić information content (AvgIpc) is 2.50. The summed E-state index contributed by atoms with van der Waals surface area (Å²) in [4.78, 5) is 12.1. The molecule has 108 valence electrons. The van der Waals surface area contributed by atoms with Gasteiger partial charge in [-0.3, -0.25) is 0 Å². The topological polar surface area (TPSA) is 68.1 Å². The highest BCUT2D eigenvalue weighted by molar-refractivity contribution is 9.10. The molecule has 0 aliphatic heterocycles. The van der Waals surface area contributed by atoms with Gasteiger partial charge in [0.25, 0.3) is 0 Å². The molecule has 0 aliphatic rings. The van der Waals surface area contributed by atoms with E-state index in [0.717, 1.165) is 0 Å². The Hall–Kier alpha value is -2.34. The molecule has 0 aliphatic carbocycles. The minimum atomic E-state index is -0.488. The standard InChI is InChI=1S/C15H12BrNO4/c1-20-13-8-10(9-17-19)7-12(16)14(13)21-15(18)11-5-3-2-4-6-11/h2-9,19H,1H3/b17-9+. The molecule has 0 aromatic heterocycles. The minimum absolute atomic E-state index is 0.265. The molecule has 2 rings (SSSR count). The second kappa shape index (κ2) is 6.90. The molecule has 5 nitrogen and oxygen atoms in total. The van der Waals surface area contributed by atoms with Gasteiger partial charge in [-0.25, -0.2) is 4.79 Å². The van der Waals surface area contributed by atoms with E-state index in [-0.39, 0.29) is 5.75 Å². The largest absolute Gasteiger partial charge is 0.493 e. The van der Waals surface area contributed by atoms with Gasteiger partial charge in [0.1, 0.15) is 0 Å². The van der Waals surface area contributed by atoms with E-state index in [1.165, 1.54) is 13.3 Å². The van der Waals surface area contributed by atoms with Crippen LogP contribution in [0.3, 0.4) is 0 Å². The van der Waals surface area contributed by atoms with Crippen LogP contribution in [0.2, 0.25) is 0 Å². The zero-order valence-corrected chi connectivity index (χ0v) is 12.7. The van der Waals surface area contributed by atoms with Crippen molar-refractivity contribution in [2.45, 2.75) is 0 Å². The number of ether oxygens (including phenoxy) is 2. The van der Waals surface area contributed by atoms with Crippen LogP contribution in [0.1, 0.15) is 15.9 Å². The summed E-state index contributed by atoms with van der Waals surface area (Å²) in [5, 5.41) is 11.5. The van der Waals surface area contributed by atoms with Gasteiger partial charge < -0.3 is 14.7 Å². The number of hydrogen-bond acceptors (Lipinski definition) is 5. The van der Waals surface area contributed by atoms with E-state index in [1.807, 2.05) is 6.07 Å². The second-order valence-corrected chi connectivity index (χ2v) is 4.89. The number of rotatable bonds is 4. The second-order valence-electron chi connectivity index (χ2n) is 4.03. The van der Waals surface area contributed by atoms with E-state index < -0.39 is 5.97 Å². The maximum atomic E-state index is 12.1. The first-order chi connectivity index (χ1) is 10.2. The Balaban J connectivity index is 2.33. The highest BCUT2D eigenvalue weighted by atomic mass is 79.9. The van der Waals surface area contributed by atoms with E-state index in [1.54, 1.807) is 36.4 Å². The van der Waals surface area contributed by atoms with Crippen LogP contribution < -0.4 is 9.47 Å². The third kappa shape index (κ3) is 3.61. The summed E-state index contributed by atoms with van der Waals surface area (Å²) < 4.78 is 11.1. The molecule has 21 heavy (non-hydrogen) atoms. The summed E-state index contributed by atoms with van der Waals surface area (Å²) in [6.07, 6.45) is 1.25.